The number of rotatable bonds is 3. The van der Waals surface area contributed by atoms with Crippen LogP contribution in [0.3, 0.4) is 0 Å². The first-order valence-electron chi connectivity index (χ1n) is 10.8. The van der Waals surface area contributed by atoms with E-state index in [1.165, 1.54) is 49.0 Å². The van der Waals surface area contributed by atoms with Crippen LogP contribution >= 0.6 is 0 Å². The summed E-state index contributed by atoms with van der Waals surface area (Å²) >= 11 is 0. The first-order chi connectivity index (χ1) is 15.8. The zero-order valence-electron chi connectivity index (χ0n) is 17.5. The summed E-state index contributed by atoms with van der Waals surface area (Å²) in [5, 5.41) is 7.30. The highest BCUT2D eigenvalue weighted by atomic mass is 16.1. The molecule has 0 bridgehead atoms. The zero-order valence-corrected chi connectivity index (χ0v) is 17.5. The molecule has 0 N–H and O–H groups in total. The van der Waals surface area contributed by atoms with Crippen molar-refractivity contribution in [2.75, 3.05) is 0 Å². The van der Waals surface area contributed by atoms with Gasteiger partial charge < -0.3 is 0 Å². The van der Waals surface area contributed by atoms with Gasteiger partial charge in [0, 0.05) is 5.56 Å². The molecule has 1 nitrogen and oxygen atoms in total. The Labute approximate surface area is 186 Å². The van der Waals surface area contributed by atoms with Crippen molar-refractivity contribution in [2.24, 2.45) is 0 Å². The van der Waals surface area contributed by atoms with Crippen molar-refractivity contribution in [3.05, 3.63) is 121 Å². The predicted octanol–water partition coefficient (Wildman–Crippen LogP) is 8.29. The molecule has 0 fully saturated rings. The van der Waals surface area contributed by atoms with Gasteiger partial charge in [-0.25, -0.2) is 0 Å². The largest absolute Gasteiger partial charge is 0.298 e. The second-order valence-electron chi connectivity index (χ2n) is 8.15. The number of carbonyl (C=O) groups is 1. The smallest absolute Gasteiger partial charge is 0.150 e. The number of carbonyl (C=O) groups excluding carboxylic acids is 1. The van der Waals surface area contributed by atoms with E-state index in [1.807, 2.05) is 18.2 Å². The predicted molar refractivity (Wildman–Crippen MR) is 135 cm³/mol. The molecule has 0 amide bonds. The third-order valence-electron chi connectivity index (χ3n) is 6.28. The minimum Gasteiger partial charge on any atom is -0.298 e. The Morgan fingerprint density at radius 2 is 0.969 bits per heavy atom. The summed E-state index contributed by atoms with van der Waals surface area (Å²) < 4.78 is 0. The van der Waals surface area contributed by atoms with E-state index in [1.54, 1.807) is 0 Å². The second-order valence-corrected chi connectivity index (χ2v) is 8.15. The highest BCUT2D eigenvalue weighted by Crippen LogP contribution is 2.44. The maximum atomic E-state index is 11.5. The molecule has 0 radical (unpaired) electrons. The van der Waals surface area contributed by atoms with E-state index in [0.29, 0.717) is 5.56 Å². The van der Waals surface area contributed by atoms with E-state index < -0.39 is 0 Å². The van der Waals surface area contributed by atoms with Crippen LogP contribution in [-0.2, 0) is 0 Å². The normalized spacial score (nSPS) is 11.2. The fourth-order valence-electron chi connectivity index (χ4n) is 4.86. The van der Waals surface area contributed by atoms with Crippen LogP contribution in [-0.4, -0.2) is 6.29 Å². The molecule has 1 heteroatoms. The highest BCUT2D eigenvalue weighted by Gasteiger charge is 2.16. The zero-order chi connectivity index (χ0) is 21.5. The number of hydrogen-bond acceptors (Lipinski definition) is 1. The molecule has 0 saturated heterocycles. The summed E-state index contributed by atoms with van der Waals surface area (Å²) in [5.74, 6) is 0. The van der Waals surface area contributed by atoms with Crippen LogP contribution in [0.15, 0.2) is 115 Å². The lowest BCUT2D eigenvalue weighted by Crippen LogP contribution is -1.91. The summed E-state index contributed by atoms with van der Waals surface area (Å²) in [6.07, 6.45) is 0.914. The van der Waals surface area contributed by atoms with E-state index >= 15 is 0 Å². The monoisotopic (exact) mass is 408 g/mol. The number of hydrogen-bond donors (Lipinski definition) is 0. The number of fused-ring (bicyclic) bond motifs is 3. The second kappa shape index (κ2) is 7.47. The SMILES string of the molecule is O=Cc1cccc(-c2c3ccccc3c(-c3ccc4ccccc4c3)c3ccccc23)c1. The molecular weight excluding hydrogens is 388 g/mol. The van der Waals surface area contributed by atoms with Gasteiger partial charge in [0.05, 0.1) is 0 Å². The van der Waals surface area contributed by atoms with Crippen LogP contribution < -0.4 is 0 Å². The minimum atomic E-state index is 0.689. The van der Waals surface area contributed by atoms with Crippen molar-refractivity contribution in [3.8, 4) is 22.3 Å². The van der Waals surface area contributed by atoms with Crippen LogP contribution in [0.25, 0.3) is 54.6 Å². The van der Waals surface area contributed by atoms with E-state index in [4.69, 9.17) is 0 Å². The van der Waals surface area contributed by atoms with Gasteiger partial charge in [-0.3, -0.25) is 4.79 Å². The molecule has 6 aromatic rings. The summed E-state index contributed by atoms with van der Waals surface area (Å²) in [4.78, 5) is 11.5. The average Bonchev–Trinajstić information content (AvgIpc) is 2.87. The highest BCUT2D eigenvalue weighted by molar-refractivity contribution is 6.21. The molecule has 0 saturated carbocycles. The van der Waals surface area contributed by atoms with Gasteiger partial charge >= 0.3 is 0 Å². The van der Waals surface area contributed by atoms with Crippen molar-refractivity contribution in [3.63, 3.8) is 0 Å². The molecule has 0 atom stereocenters. The molecule has 0 aromatic heterocycles. The fraction of sp³-hybridized carbons (Fsp3) is 0. The van der Waals surface area contributed by atoms with Gasteiger partial charge in [-0.15, -0.1) is 0 Å². The fourth-order valence-corrected chi connectivity index (χ4v) is 4.86. The molecular formula is C31H20O. The van der Waals surface area contributed by atoms with Crippen molar-refractivity contribution >= 4 is 38.6 Å². The molecule has 32 heavy (non-hydrogen) atoms. The molecule has 0 aliphatic carbocycles. The van der Waals surface area contributed by atoms with Crippen LogP contribution in [0.2, 0.25) is 0 Å². The average molecular weight is 409 g/mol. The third-order valence-corrected chi connectivity index (χ3v) is 6.28. The topological polar surface area (TPSA) is 17.1 Å². The Morgan fingerprint density at radius 3 is 1.56 bits per heavy atom. The van der Waals surface area contributed by atoms with Gasteiger partial charge in [-0.1, -0.05) is 103 Å². The van der Waals surface area contributed by atoms with Crippen LogP contribution in [0, 0.1) is 0 Å². The van der Waals surface area contributed by atoms with E-state index in [2.05, 4.69) is 97.1 Å². The quantitative estimate of drug-likeness (QED) is 0.213. The van der Waals surface area contributed by atoms with Crippen molar-refractivity contribution in [1.29, 1.82) is 0 Å². The maximum Gasteiger partial charge on any atom is 0.150 e. The van der Waals surface area contributed by atoms with Gasteiger partial charge in [0.2, 0.25) is 0 Å². The molecule has 0 aliphatic heterocycles. The van der Waals surface area contributed by atoms with E-state index in [-0.39, 0.29) is 0 Å². The number of aldehydes is 1. The van der Waals surface area contributed by atoms with Crippen LogP contribution in [0.5, 0.6) is 0 Å². The van der Waals surface area contributed by atoms with Gasteiger partial charge in [0.15, 0.2) is 0 Å². The minimum absolute atomic E-state index is 0.689. The number of benzene rings is 6. The molecule has 6 aromatic carbocycles. The van der Waals surface area contributed by atoms with Crippen molar-refractivity contribution < 1.29 is 4.79 Å². The summed E-state index contributed by atoms with van der Waals surface area (Å²) in [5.41, 5.74) is 5.38. The maximum absolute atomic E-state index is 11.5. The van der Waals surface area contributed by atoms with Gasteiger partial charge in [-0.05, 0) is 66.7 Å². The van der Waals surface area contributed by atoms with Crippen molar-refractivity contribution in [1.82, 2.24) is 0 Å². The lowest BCUT2D eigenvalue weighted by atomic mass is 9.85. The Balaban J connectivity index is 1.76. The molecule has 0 aliphatic rings. The van der Waals surface area contributed by atoms with Crippen molar-refractivity contribution in [2.45, 2.75) is 0 Å². The van der Waals surface area contributed by atoms with E-state index in [9.17, 15) is 4.79 Å². The van der Waals surface area contributed by atoms with Crippen LogP contribution in [0.1, 0.15) is 10.4 Å². The Kier molecular flexibility index (Phi) is 4.33. The first-order valence-corrected chi connectivity index (χ1v) is 10.8. The summed E-state index contributed by atoms with van der Waals surface area (Å²) in [6.45, 7) is 0. The molecule has 0 heterocycles. The standard InChI is InChI=1S/C31H20O/c32-20-21-8-7-11-24(18-21)30-26-12-3-5-14-28(26)31(29-15-6-4-13-27(29)30)25-17-16-22-9-1-2-10-23(22)19-25/h1-20H. The summed E-state index contributed by atoms with van der Waals surface area (Å²) in [7, 11) is 0. The molecule has 6 rings (SSSR count). The Hall–Kier alpha value is -4.23. The molecule has 150 valence electrons. The molecule has 0 unspecified atom stereocenters. The summed E-state index contributed by atoms with van der Waals surface area (Å²) in [6, 6.07) is 40.3. The van der Waals surface area contributed by atoms with Gasteiger partial charge in [0.25, 0.3) is 0 Å². The third kappa shape index (κ3) is 2.91. The van der Waals surface area contributed by atoms with Gasteiger partial charge in [0.1, 0.15) is 6.29 Å². The lowest BCUT2D eigenvalue weighted by molar-refractivity contribution is 0.112. The van der Waals surface area contributed by atoms with Gasteiger partial charge in [-0.2, -0.15) is 0 Å². The van der Waals surface area contributed by atoms with Crippen LogP contribution in [0.4, 0.5) is 0 Å². The van der Waals surface area contributed by atoms with E-state index in [0.717, 1.165) is 11.8 Å². The first kappa shape index (κ1) is 18.5. The molecule has 0 spiro atoms. The Bertz CT molecular complexity index is 1580. The Morgan fingerprint density at radius 1 is 0.438 bits per heavy atom. The lowest BCUT2D eigenvalue weighted by Gasteiger charge is -2.18.